The summed E-state index contributed by atoms with van der Waals surface area (Å²) in [5.41, 5.74) is 1.34. The van der Waals surface area contributed by atoms with Gasteiger partial charge in [-0.3, -0.25) is 9.59 Å². The number of likely N-dealkylation sites (tertiary alicyclic amines) is 1. The van der Waals surface area contributed by atoms with Gasteiger partial charge < -0.3 is 4.90 Å². The van der Waals surface area contributed by atoms with Crippen LogP contribution in [0.3, 0.4) is 0 Å². The standard InChI is InChI=1S/C20H15Cl2FN2O2/c21-14-4-3-5-15(17(14)22)25-19(26)16(12-6-8-13(23)9-7-12)18(20(25)27)24-10-1-2-11-24/h3-9H,1-2,10-11H2. The number of anilines is 1. The summed E-state index contributed by atoms with van der Waals surface area (Å²) in [4.78, 5) is 29.5. The van der Waals surface area contributed by atoms with E-state index in [-0.39, 0.29) is 21.3 Å². The number of halogens is 3. The third kappa shape index (κ3) is 3.01. The van der Waals surface area contributed by atoms with Gasteiger partial charge in [0.25, 0.3) is 11.8 Å². The maximum atomic E-state index is 13.4. The fourth-order valence-corrected chi connectivity index (χ4v) is 3.89. The van der Waals surface area contributed by atoms with Gasteiger partial charge >= 0.3 is 0 Å². The van der Waals surface area contributed by atoms with Crippen LogP contribution in [0.5, 0.6) is 0 Å². The molecule has 0 radical (unpaired) electrons. The van der Waals surface area contributed by atoms with Gasteiger partial charge in [-0.15, -0.1) is 0 Å². The summed E-state index contributed by atoms with van der Waals surface area (Å²) in [6, 6.07) is 10.4. The Bertz CT molecular complexity index is 966. The molecule has 0 spiro atoms. The van der Waals surface area contributed by atoms with E-state index in [1.54, 1.807) is 18.2 Å². The number of nitrogens with zero attached hydrogens (tertiary/aromatic N) is 2. The van der Waals surface area contributed by atoms with Crippen molar-refractivity contribution >= 4 is 46.3 Å². The summed E-state index contributed by atoms with van der Waals surface area (Å²) >= 11 is 12.3. The van der Waals surface area contributed by atoms with Gasteiger partial charge in [0.15, 0.2) is 0 Å². The predicted octanol–water partition coefficient (Wildman–Crippen LogP) is 4.51. The first kappa shape index (κ1) is 18.0. The van der Waals surface area contributed by atoms with Gasteiger partial charge in [0.2, 0.25) is 0 Å². The van der Waals surface area contributed by atoms with Crippen molar-refractivity contribution in [1.82, 2.24) is 4.90 Å². The molecule has 1 saturated heterocycles. The van der Waals surface area contributed by atoms with E-state index >= 15 is 0 Å². The van der Waals surface area contributed by atoms with E-state index in [0.29, 0.717) is 24.4 Å². The van der Waals surface area contributed by atoms with Crippen LogP contribution >= 0.6 is 23.2 Å². The maximum Gasteiger partial charge on any atom is 0.282 e. The van der Waals surface area contributed by atoms with Gasteiger partial charge in [-0.1, -0.05) is 41.4 Å². The number of imide groups is 1. The van der Waals surface area contributed by atoms with Crippen LogP contribution in [0.25, 0.3) is 5.57 Å². The minimum atomic E-state index is -0.488. The lowest BCUT2D eigenvalue weighted by Gasteiger charge is -2.21. The minimum absolute atomic E-state index is 0.141. The highest BCUT2D eigenvalue weighted by atomic mass is 35.5. The smallest absolute Gasteiger partial charge is 0.282 e. The molecule has 0 saturated carbocycles. The lowest BCUT2D eigenvalue weighted by molar-refractivity contribution is -0.120. The van der Waals surface area contributed by atoms with E-state index < -0.39 is 17.6 Å². The second-order valence-electron chi connectivity index (χ2n) is 6.44. The summed E-state index contributed by atoms with van der Waals surface area (Å²) in [6.45, 7) is 1.38. The molecule has 0 bridgehead atoms. The molecular weight excluding hydrogens is 390 g/mol. The Balaban J connectivity index is 1.86. The fourth-order valence-electron chi connectivity index (χ4n) is 3.51. The first-order chi connectivity index (χ1) is 13.0. The second kappa shape index (κ2) is 6.98. The molecular formula is C20H15Cl2FN2O2. The van der Waals surface area contributed by atoms with Gasteiger partial charge in [0.1, 0.15) is 11.5 Å². The Kier molecular flexibility index (Phi) is 4.66. The Hall–Kier alpha value is -2.37. The Morgan fingerprint density at radius 1 is 0.889 bits per heavy atom. The molecule has 2 heterocycles. The van der Waals surface area contributed by atoms with Crippen LogP contribution in [-0.2, 0) is 9.59 Å². The summed E-state index contributed by atoms with van der Waals surface area (Å²) in [7, 11) is 0. The first-order valence-electron chi connectivity index (χ1n) is 8.57. The Morgan fingerprint density at radius 3 is 2.22 bits per heavy atom. The predicted molar refractivity (Wildman–Crippen MR) is 103 cm³/mol. The van der Waals surface area contributed by atoms with Crippen molar-refractivity contribution in [1.29, 1.82) is 0 Å². The van der Waals surface area contributed by atoms with Crippen LogP contribution in [0.2, 0.25) is 10.0 Å². The number of carbonyl (C=O) groups excluding carboxylic acids is 2. The first-order valence-corrected chi connectivity index (χ1v) is 9.32. The van der Waals surface area contributed by atoms with E-state index in [1.165, 1.54) is 24.3 Å². The lowest BCUT2D eigenvalue weighted by atomic mass is 10.0. The van der Waals surface area contributed by atoms with Gasteiger partial charge in [-0.25, -0.2) is 9.29 Å². The summed E-state index contributed by atoms with van der Waals surface area (Å²) in [5, 5.41) is 0.398. The zero-order valence-corrected chi connectivity index (χ0v) is 15.7. The molecule has 138 valence electrons. The maximum absolute atomic E-state index is 13.4. The Morgan fingerprint density at radius 2 is 1.56 bits per heavy atom. The van der Waals surface area contributed by atoms with Crippen molar-refractivity contribution in [2.75, 3.05) is 18.0 Å². The fraction of sp³-hybridized carbons (Fsp3) is 0.200. The minimum Gasteiger partial charge on any atom is -0.366 e. The van der Waals surface area contributed by atoms with Crippen molar-refractivity contribution in [2.24, 2.45) is 0 Å². The van der Waals surface area contributed by atoms with Gasteiger partial charge in [0, 0.05) is 13.1 Å². The van der Waals surface area contributed by atoms with E-state index in [9.17, 15) is 14.0 Å². The molecule has 2 aliphatic rings. The van der Waals surface area contributed by atoms with E-state index in [0.717, 1.165) is 17.7 Å². The number of amides is 2. The number of benzene rings is 2. The normalized spacial score (nSPS) is 17.4. The average Bonchev–Trinajstić information content (AvgIpc) is 3.25. The van der Waals surface area contributed by atoms with Crippen molar-refractivity contribution in [2.45, 2.75) is 12.8 Å². The highest BCUT2D eigenvalue weighted by Gasteiger charge is 2.43. The van der Waals surface area contributed by atoms with Crippen molar-refractivity contribution in [3.63, 3.8) is 0 Å². The van der Waals surface area contributed by atoms with E-state index in [1.807, 2.05) is 4.90 Å². The molecule has 2 aromatic carbocycles. The highest BCUT2D eigenvalue weighted by Crippen LogP contribution is 2.40. The molecule has 0 atom stereocenters. The molecule has 2 aromatic rings. The third-order valence-electron chi connectivity index (χ3n) is 4.79. The molecule has 2 amide bonds. The van der Waals surface area contributed by atoms with Crippen LogP contribution < -0.4 is 4.90 Å². The third-order valence-corrected chi connectivity index (χ3v) is 5.60. The highest BCUT2D eigenvalue weighted by molar-refractivity contribution is 6.49. The monoisotopic (exact) mass is 404 g/mol. The molecule has 0 aliphatic carbocycles. The number of rotatable bonds is 3. The molecule has 4 rings (SSSR count). The van der Waals surface area contributed by atoms with Crippen LogP contribution in [-0.4, -0.2) is 29.8 Å². The molecule has 0 aromatic heterocycles. The molecule has 7 heteroatoms. The second-order valence-corrected chi connectivity index (χ2v) is 7.23. The summed E-state index contributed by atoms with van der Waals surface area (Å²) in [6.07, 6.45) is 1.89. The van der Waals surface area contributed by atoms with Crippen molar-refractivity contribution in [3.8, 4) is 0 Å². The molecule has 0 unspecified atom stereocenters. The lowest BCUT2D eigenvalue weighted by Crippen LogP contribution is -2.34. The van der Waals surface area contributed by atoms with Gasteiger partial charge in [-0.05, 0) is 42.7 Å². The zero-order chi connectivity index (χ0) is 19.1. The van der Waals surface area contributed by atoms with Crippen LogP contribution in [0.1, 0.15) is 18.4 Å². The molecule has 4 nitrogen and oxygen atoms in total. The molecule has 27 heavy (non-hydrogen) atoms. The Labute approximate surface area is 165 Å². The summed E-state index contributed by atoms with van der Waals surface area (Å²) < 4.78 is 13.4. The average molecular weight is 405 g/mol. The SMILES string of the molecule is O=C1C(c2ccc(F)cc2)=C(N2CCCC2)C(=O)N1c1cccc(Cl)c1Cl. The van der Waals surface area contributed by atoms with Crippen LogP contribution in [0, 0.1) is 5.82 Å². The number of hydrogen-bond donors (Lipinski definition) is 0. The topological polar surface area (TPSA) is 40.6 Å². The number of hydrogen-bond acceptors (Lipinski definition) is 3. The van der Waals surface area contributed by atoms with Crippen molar-refractivity contribution < 1.29 is 14.0 Å². The van der Waals surface area contributed by atoms with Crippen LogP contribution in [0.15, 0.2) is 48.2 Å². The number of carbonyl (C=O) groups is 2. The summed E-state index contributed by atoms with van der Waals surface area (Å²) in [5.74, 6) is -1.34. The molecule has 0 N–H and O–H groups in total. The largest absolute Gasteiger partial charge is 0.366 e. The quantitative estimate of drug-likeness (QED) is 0.706. The van der Waals surface area contributed by atoms with Gasteiger partial charge in [-0.2, -0.15) is 0 Å². The van der Waals surface area contributed by atoms with E-state index in [4.69, 9.17) is 23.2 Å². The zero-order valence-electron chi connectivity index (χ0n) is 14.2. The molecule has 2 aliphatic heterocycles. The van der Waals surface area contributed by atoms with E-state index in [2.05, 4.69) is 0 Å². The molecule has 1 fully saturated rings. The van der Waals surface area contributed by atoms with Crippen LogP contribution in [0.4, 0.5) is 10.1 Å². The van der Waals surface area contributed by atoms with Gasteiger partial charge in [0.05, 0.1) is 21.3 Å². The van der Waals surface area contributed by atoms with Crippen molar-refractivity contribution in [3.05, 3.63) is 69.6 Å².